The molecule has 16 heavy (non-hydrogen) atoms. The minimum atomic E-state index is -0.0343. The summed E-state index contributed by atoms with van der Waals surface area (Å²) >= 11 is 0. The molecule has 1 rings (SSSR count). The third-order valence-electron chi connectivity index (χ3n) is 2.54. The molecule has 0 radical (unpaired) electrons. The van der Waals surface area contributed by atoms with Crippen molar-refractivity contribution in [2.45, 2.75) is 19.9 Å². The molecular formula is C11H22N2O3. The van der Waals surface area contributed by atoms with Gasteiger partial charge in [-0.2, -0.15) is 0 Å². The van der Waals surface area contributed by atoms with Crippen molar-refractivity contribution in [1.29, 1.82) is 0 Å². The van der Waals surface area contributed by atoms with E-state index in [1.807, 2.05) is 13.8 Å². The third-order valence-corrected chi connectivity index (χ3v) is 2.54. The van der Waals surface area contributed by atoms with Gasteiger partial charge < -0.3 is 20.1 Å². The van der Waals surface area contributed by atoms with Crippen LogP contribution in [-0.4, -0.2) is 51.5 Å². The number of amides is 1. The topological polar surface area (TPSA) is 59.6 Å². The van der Waals surface area contributed by atoms with Crippen LogP contribution < -0.4 is 10.6 Å². The molecule has 0 aliphatic carbocycles. The maximum absolute atomic E-state index is 11.7. The van der Waals surface area contributed by atoms with E-state index in [1.165, 1.54) is 0 Å². The Hall–Kier alpha value is -0.650. The molecule has 1 heterocycles. The summed E-state index contributed by atoms with van der Waals surface area (Å²) < 4.78 is 10.6. The number of hydrogen-bond donors (Lipinski definition) is 2. The first-order chi connectivity index (χ1) is 7.77. The van der Waals surface area contributed by atoms with Crippen LogP contribution in [0.3, 0.4) is 0 Å². The second-order valence-corrected chi connectivity index (χ2v) is 3.88. The van der Waals surface area contributed by atoms with E-state index in [0.29, 0.717) is 26.4 Å². The summed E-state index contributed by atoms with van der Waals surface area (Å²) in [4.78, 5) is 11.7. The Morgan fingerprint density at radius 1 is 1.31 bits per heavy atom. The Morgan fingerprint density at radius 2 is 1.88 bits per heavy atom. The van der Waals surface area contributed by atoms with Gasteiger partial charge in [-0.3, -0.25) is 4.79 Å². The van der Waals surface area contributed by atoms with E-state index in [2.05, 4.69) is 10.6 Å². The zero-order chi connectivity index (χ0) is 11.8. The summed E-state index contributed by atoms with van der Waals surface area (Å²) in [5.41, 5.74) is 0. The molecule has 0 unspecified atom stereocenters. The lowest BCUT2D eigenvalue weighted by Gasteiger charge is -2.28. The molecule has 1 saturated heterocycles. The highest BCUT2D eigenvalue weighted by Gasteiger charge is 2.26. The Morgan fingerprint density at radius 3 is 2.25 bits per heavy atom. The van der Waals surface area contributed by atoms with Crippen molar-refractivity contribution in [3.63, 3.8) is 0 Å². The van der Waals surface area contributed by atoms with Gasteiger partial charge in [-0.05, 0) is 13.8 Å². The molecule has 0 aromatic rings. The zero-order valence-electron chi connectivity index (χ0n) is 10.1. The maximum Gasteiger partial charge on any atom is 0.226 e. The Bertz CT molecular complexity index is 199. The molecule has 1 amide bonds. The fourth-order valence-electron chi connectivity index (χ4n) is 1.44. The minimum Gasteiger partial charge on any atom is -0.380 e. The van der Waals surface area contributed by atoms with Crippen molar-refractivity contribution >= 4 is 5.91 Å². The lowest BCUT2D eigenvalue weighted by atomic mass is 10.0. The van der Waals surface area contributed by atoms with Crippen molar-refractivity contribution < 1.29 is 14.3 Å². The molecule has 1 aliphatic heterocycles. The Labute approximate surface area is 96.9 Å². The van der Waals surface area contributed by atoms with E-state index in [9.17, 15) is 4.79 Å². The van der Waals surface area contributed by atoms with Gasteiger partial charge in [0.2, 0.25) is 5.91 Å². The van der Waals surface area contributed by atoms with Crippen LogP contribution in [0.15, 0.2) is 0 Å². The molecule has 0 saturated carbocycles. The predicted molar refractivity (Wildman–Crippen MR) is 61.3 cm³/mol. The first kappa shape index (κ1) is 13.4. The van der Waals surface area contributed by atoms with E-state index in [0.717, 1.165) is 13.1 Å². The molecule has 0 aromatic carbocycles. The summed E-state index contributed by atoms with van der Waals surface area (Å²) in [6.07, 6.45) is 0. The summed E-state index contributed by atoms with van der Waals surface area (Å²) in [6, 6.07) is -0.0343. The average molecular weight is 230 g/mol. The smallest absolute Gasteiger partial charge is 0.226 e. The fraction of sp³-hybridized carbons (Fsp3) is 0.909. The number of hydrogen-bond acceptors (Lipinski definition) is 4. The maximum atomic E-state index is 11.7. The van der Waals surface area contributed by atoms with Gasteiger partial charge in [-0.15, -0.1) is 0 Å². The van der Waals surface area contributed by atoms with Crippen molar-refractivity contribution in [3.05, 3.63) is 0 Å². The van der Waals surface area contributed by atoms with Crippen LogP contribution in [0.1, 0.15) is 13.8 Å². The molecule has 0 bridgehead atoms. The number of rotatable bonds is 8. The minimum absolute atomic E-state index is 0.0343. The molecule has 0 aromatic heterocycles. The SMILES string of the molecule is CCOCC(COCC)NC(=O)C1CNC1. The van der Waals surface area contributed by atoms with Gasteiger partial charge in [0, 0.05) is 26.3 Å². The molecule has 0 atom stereocenters. The van der Waals surface area contributed by atoms with Gasteiger partial charge in [-0.1, -0.05) is 0 Å². The van der Waals surface area contributed by atoms with Gasteiger partial charge in [0.25, 0.3) is 0 Å². The number of carbonyl (C=O) groups excluding carboxylic acids is 1. The molecule has 94 valence electrons. The van der Waals surface area contributed by atoms with E-state index >= 15 is 0 Å². The lowest BCUT2D eigenvalue weighted by molar-refractivity contribution is -0.128. The van der Waals surface area contributed by atoms with Crippen LogP contribution in [0.2, 0.25) is 0 Å². The second kappa shape index (κ2) is 7.60. The highest BCUT2D eigenvalue weighted by atomic mass is 16.5. The van der Waals surface area contributed by atoms with Crippen LogP contribution in [0.5, 0.6) is 0 Å². The normalized spacial score (nSPS) is 16.2. The molecule has 1 fully saturated rings. The van der Waals surface area contributed by atoms with Crippen molar-refractivity contribution in [2.75, 3.05) is 39.5 Å². The van der Waals surface area contributed by atoms with Gasteiger partial charge in [0.1, 0.15) is 0 Å². The van der Waals surface area contributed by atoms with E-state index in [1.54, 1.807) is 0 Å². The molecule has 5 heteroatoms. The molecule has 1 aliphatic rings. The number of ether oxygens (including phenoxy) is 2. The summed E-state index contributed by atoms with van der Waals surface area (Å²) in [6.45, 7) is 7.78. The highest BCUT2D eigenvalue weighted by Crippen LogP contribution is 2.03. The molecule has 5 nitrogen and oxygen atoms in total. The largest absolute Gasteiger partial charge is 0.380 e. The fourth-order valence-corrected chi connectivity index (χ4v) is 1.44. The average Bonchev–Trinajstić information content (AvgIpc) is 2.19. The molecular weight excluding hydrogens is 208 g/mol. The third kappa shape index (κ3) is 4.47. The van der Waals surface area contributed by atoms with E-state index in [-0.39, 0.29) is 17.9 Å². The van der Waals surface area contributed by atoms with Crippen LogP contribution in [0, 0.1) is 5.92 Å². The zero-order valence-corrected chi connectivity index (χ0v) is 10.1. The van der Waals surface area contributed by atoms with Gasteiger partial charge in [0.05, 0.1) is 25.2 Å². The first-order valence-corrected chi connectivity index (χ1v) is 5.94. The standard InChI is InChI=1S/C11H22N2O3/c1-3-15-7-10(8-16-4-2)13-11(14)9-5-12-6-9/h9-10,12H,3-8H2,1-2H3,(H,13,14). The summed E-state index contributed by atoms with van der Waals surface area (Å²) in [7, 11) is 0. The van der Waals surface area contributed by atoms with Crippen LogP contribution >= 0.6 is 0 Å². The van der Waals surface area contributed by atoms with Crippen LogP contribution in [0.25, 0.3) is 0 Å². The number of nitrogens with one attached hydrogen (secondary N) is 2. The van der Waals surface area contributed by atoms with Crippen LogP contribution in [-0.2, 0) is 14.3 Å². The summed E-state index contributed by atoms with van der Waals surface area (Å²) in [5.74, 6) is 0.217. The van der Waals surface area contributed by atoms with Crippen molar-refractivity contribution in [3.8, 4) is 0 Å². The van der Waals surface area contributed by atoms with E-state index in [4.69, 9.17) is 9.47 Å². The number of carbonyl (C=O) groups is 1. The van der Waals surface area contributed by atoms with Gasteiger partial charge in [-0.25, -0.2) is 0 Å². The molecule has 2 N–H and O–H groups in total. The van der Waals surface area contributed by atoms with E-state index < -0.39 is 0 Å². The first-order valence-electron chi connectivity index (χ1n) is 5.94. The predicted octanol–water partition coefficient (Wildman–Crippen LogP) is -0.236. The Kier molecular flexibility index (Phi) is 6.37. The Balaban J connectivity index is 2.25. The van der Waals surface area contributed by atoms with Gasteiger partial charge in [0.15, 0.2) is 0 Å². The quantitative estimate of drug-likeness (QED) is 0.604. The lowest BCUT2D eigenvalue weighted by Crippen LogP contribution is -2.54. The second-order valence-electron chi connectivity index (χ2n) is 3.88. The summed E-state index contributed by atoms with van der Waals surface area (Å²) in [5, 5.41) is 6.04. The van der Waals surface area contributed by atoms with Crippen LogP contribution in [0.4, 0.5) is 0 Å². The highest BCUT2D eigenvalue weighted by molar-refractivity contribution is 5.80. The van der Waals surface area contributed by atoms with Crippen molar-refractivity contribution in [1.82, 2.24) is 10.6 Å². The molecule has 0 spiro atoms. The van der Waals surface area contributed by atoms with Crippen molar-refractivity contribution in [2.24, 2.45) is 5.92 Å². The van der Waals surface area contributed by atoms with Gasteiger partial charge >= 0.3 is 0 Å². The monoisotopic (exact) mass is 230 g/mol.